The molecule has 1 aromatic carbocycles. The van der Waals surface area contributed by atoms with Gasteiger partial charge in [0, 0.05) is 43.9 Å². The summed E-state index contributed by atoms with van der Waals surface area (Å²) in [4.78, 5) is 14.2. The molecule has 2 aliphatic rings. The molecule has 1 saturated heterocycles. The number of hydrogen-bond acceptors (Lipinski definition) is 3. The van der Waals surface area contributed by atoms with Crippen LogP contribution in [0.1, 0.15) is 69.0 Å². The summed E-state index contributed by atoms with van der Waals surface area (Å²) in [5.41, 5.74) is 1.20. The van der Waals surface area contributed by atoms with Gasteiger partial charge < -0.3 is 5.32 Å². The molecule has 2 aromatic rings. The van der Waals surface area contributed by atoms with Crippen molar-refractivity contribution in [2.45, 2.75) is 70.0 Å². The summed E-state index contributed by atoms with van der Waals surface area (Å²) < 4.78 is 16.7. The number of carbonyl (C=O) groups is 1. The summed E-state index contributed by atoms with van der Waals surface area (Å²) in [5.74, 6) is -0.362. The average molecular weight is 399 g/mol. The van der Waals surface area contributed by atoms with E-state index in [-0.39, 0.29) is 11.7 Å². The first-order chi connectivity index (χ1) is 14.1. The summed E-state index contributed by atoms with van der Waals surface area (Å²) in [6, 6.07) is 7.36. The average Bonchev–Trinajstić information content (AvgIpc) is 3.19. The van der Waals surface area contributed by atoms with Crippen LogP contribution in [0.25, 0.3) is 0 Å². The zero-order valence-corrected chi connectivity index (χ0v) is 17.2. The number of likely N-dealkylation sites (tertiary alicyclic amines) is 1. The number of piperidine rings is 1. The van der Waals surface area contributed by atoms with Gasteiger partial charge >= 0.3 is 0 Å². The molecule has 156 valence electrons. The number of rotatable bonds is 5. The Morgan fingerprint density at radius 2 is 1.93 bits per heavy atom. The van der Waals surface area contributed by atoms with Gasteiger partial charge in [-0.25, -0.2) is 4.39 Å². The molecule has 0 atom stereocenters. The van der Waals surface area contributed by atoms with Crippen LogP contribution in [0.5, 0.6) is 0 Å². The SMILES string of the molecule is CC(=O)NC1(c2ccccc2F)CCN(Cc2cnn(C3CCCCC3)c2)CC1. The summed E-state index contributed by atoms with van der Waals surface area (Å²) in [5, 5.41) is 7.68. The molecule has 29 heavy (non-hydrogen) atoms. The van der Waals surface area contributed by atoms with Gasteiger partial charge in [-0.1, -0.05) is 37.5 Å². The lowest BCUT2D eigenvalue weighted by Gasteiger charge is -2.42. The zero-order chi connectivity index (χ0) is 20.3. The Morgan fingerprint density at radius 3 is 2.62 bits per heavy atom. The molecule has 0 unspecified atom stereocenters. The topological polar surface area (TPSA) is 50.2 Å². The van der Waals surface area contributed by atoms with Crippen molar-refractivity contribution in [1.29, 1.82) is 0 Å². The number of halogens is 1. The Hall–Kier alpha value is -2.21. The monoisotopic (exact) mass is 398 g/mol. The fourth-order valence-electron chi connectivity index (χ4n) is 5.00. The second kappa shape index (κ2) is 8.66. The van der Waals surface area contributed by atoms with Crippen LogP contribution >= 0.6 is 0 Å². The van der Waals surface area contributed by atoms with Crippen molar-refractivity contribution >= 4 is 5.91 Å². The van der Waals surface area contributed by atoms with Gasteiger partial charge in [0.1, 0.15) is 5.82 Å². The molecular formula is C23H31FN4O. The smallest absolute Gasteiger partial charge is 0.217 e. The highest BCUT2D eigenvalue weighted by Crippen LogP contribution is 2.35. The summed E-state index contributed by atoms with van der Waals surface area (Å²) in [6.07, 6.45) is 12.0. The van der Waals surface area contributed by atoms with Crippen LogP contribution in [0.15, 0.2) is 36.7 Å². The Kier molecular flexibility index (Phi) is 5.99. The van der Waals surface area contributed by atoms with E-state index in [4.69, 9.17) is 0 Å². The van der Waals surface area contributed by atoms with E-state index in [1.807, 2.05) is 12.3 Å². The van der Waals surface area contributed by atoms with Crippen molar-refractivity contribution in [3.05, 3.63) is 53.6 Å². The van der Waals surface area contributed by atoms with Gasteiger partial charge in [0.25, 0.3) is 0 Å². The van der Waals surface area contributed by atoms with Crippen molar-refractivity contribution in [2.75, 3.05) is 13.1 Å². The predicted molar refractivity (Wildman–Crippen MR) is 111 cm³/mol. The van der Waals surface area contributed by atoms with E-state index in [0.29, 0.717) is 24.4 Å². The summed E-state index contributed by atoms with van der Waals surface area (Å²) in [7, 11) is 0. The van der Waals surface area contributed by atoms with E-state index in [9.17, 15) is 9.18 Å². The molecule has 0 spiro atoms. The highest BCUT2D eigenvalue weighted by Gasteiger charge is 2.38. The Balaban J connectivity index is 1.42. The van der Waals surface area contributed by atoms with Gasteiger partial charge in [-0.05, 0) is 31.7 Å². The van der Waals surface area contributed by atoms with E-state index >= 15 is 0 Å². The van der Waals surface area contributed by atoms with E-state index < -0.39 is 5.54 Å². The summed E-state index contributed by atoms with van der Waals surface area (Å²) in [6.45, 7) is 3.97. The van der Waals surface area contributed by atoms with E-state index in [1.54, 1.807) is 12.1 Å². The molecule has 2 heterocycles. The third-order valence-electron chi connectivity index (χ3n) is 6.52. The first-order valence-corrected chi connectivity index (χ1v) is 10.8. The number of carbonyl (C=O) groups excluding carboxylic acids is 1. The van der Waals surface area contributed by atoms with E-state index in [0.717, 1.165) is 19.6 Å². The first kappa shape index (κ1) is 20.1. The molecule has 1 aliphatic carbocycles. The summed E-state index contributed by atoms with van der Waals surface area (Å²) >= 11 is 0. The maximum atomic E-state index is 14.5. The van der Waals surface area contributed by atoms with Crippen LogP contribution in [0.4, 0.5) is 4.39 Å². The number of aromatic nitrogens is 2. The lowest BCUT2D eigenvalue weighted by atomic mass is 9.80. The molecular weight excluding hydrogens is 367 g/mol. The number of benzene rings is 1. The molecule has 1 aliphatic heterocycles. The number of amides is 1. The molecule has 1 amide bonds. The van der Waals surface area contributed by atoms with Crippen molar-refractivity contribution < 1.29 is 9.18 Å². The zero-order valence-electron chi connectivity index (χ0n) is 17.2. The van der Waals surface area contributed by atoms with Gasteiger partial charge in [-0.15, -0.1) is 0 Å². The van der Waals surface area contributed by atoms with Gasteiger partial charge in [0.2, 0.25) is 5.91 Å². The van der Waals surface area contributed by atoms with Crippen LogP contribution in [0, 0.1) is 5.82 Å². The Bertz CT molecular complexity index is 835. The van der Waals surface area contributed by atoms with Crippen LogP contribution in [-0.2, 0) is 16.9 Å². The maximum absolute atomic E-state index is 14.5. The van der Waals surface area contributed by atoms with Gasteiger partial charge in [0.05, 0.1) is 17.8 Å². The molecule has 1 aromatic heterocycles. The minimum Gasteiger partial charge on any atom is -0.347 e. The maximum Gasteiger partial charge on any atom is 0.217 e. The van der Waals surface area contributed by atoms with Gasteiger partial charge in [-0.3, -0.25) is 14.4 Å². The predicted octanol–water partition coefficient (Wildman–Crippen LogP) is 4.15. The van der Waals surface area contributed by atoms with Crippen molar-refractivity contribution in [3.8, 4) is 0 Å². The fraction of sp³-hybridized carbons (Fsp3) is 0.565. The Morgan fingerprint density at radius 1 is 1.21 bits per heavy atom. The third-order valence-corrected chi connectivity index (χ3v) is 6.52. The van der Waals surface area contributed by atoms with E-state index in [1.165, 1.54) is 50.7 Å². The van der Waals surface area contributed by atoms with Crippen LogP contribution in [-0.4, -0.2) is 33.7 Å². The molecule has 1 saturated carbocycles. The normalized spacial score (nSPS) is 20.5. The third kappa shape index (κ3) is 4.53. The van der Waals surface area contributed by atoms with Gasteiger partial charge in [0.15, 0.2) is 0 Å². The number of nitrogens with one attached hydrogen (secondary N) is 1. The van der Waals surface area contributed by atoms with Crippen LogP contribution < -0.4 is 5.32 Å². The quantitative estimate of drug-likeness (QED) is 0.823. The number of nitrogens with zero attached hydrogens (tertiary/aromatic N) is 3. The molecule has 0 radical (unpaired) electrons. The van der Waals surface area contributed by atoms with Gasteiger partial charge in [-0.2, -0.15) is 5.10 Å². The second-order valence-corrected chi connectivity index (χ2v) is 8.64. The standard InChI is InChI=1S/C23H31FN4O/c1-18(29)26-23(21-9-5-6-10-22(21)24)11-13-27(14-12-23)16-19-15-25-28(17-19)20-7-3-2-4-8-20/h5-6,9-10,15,17,20H,2-4,7-8,11-14,16H2,1H3,(H,26,29). The first-order valence-electron chi connectivity index (χ1n) is 10.8. The molecule has 1 N–H and O–H groups in total. The number of hydrogen-bond donors (Lipinski definition) is 1. The highest BCUT2D eigenvalue weighted by atomic mass is 19.1. The molecule has 5 nitrogen and oxygen atoms in total. The Labute approximate surface area is 172 Å². The highest BCUT2D eigenvalue weighted by molar-refractivity contribution is 5.74. The van der Waals surface area contributed by atoms with Crippen LogP contribution in [0.2, 0.25) is 0 Å². The minimum atomic E-state index is -0.625. The minimum absolute atomic E-state index is 0.115. The fourth-order valence-corrected chi connectivity index (χ4v) is 5.00. The van der Waals surface area contributed by atoms with Crippen molar-refractivity contribution in [2.24, 2.45) is 0 Å². The van der Waals surface area contributed by atoms with Crippen LogP contribution in [0.3, 0.4) is 0 Å². The second-order valence-electron chi connectivity index (χ2n) is 8.64. The molecule has 4 rings (SSSR count). The van der Waals surface area contributed by atoms with Crippen molar-refractivity contribution in [3.63, 3.8) is 0 Å². The largest absolute Gasteiger partial charge is 0.347 e. The molecule has 2 fully saturated rings. The lowest BCUT2D eigenvalue weighted by Crippen LogP contribution is -2.52. The van der Waals surface area contributed by atoms with E-state index in [2.05, 4.69) is 26.2 Å². The lowest BCUT2D eigenvalue weighted by molar-refractivity contribution is -0.121. The van der Waals surface area contributed by atoms with Crippen molar-refractivity contribution in [1.82, 2.24) is 20.0 Å². The molecule has 6 heteroatoms. The molecule has 0 bridgehead atoms.